The number of allylic oxidation sites excluding steroid dienone is 1. The summed E-state index contributed by atoms with van der Waals surface area (Å²) in [6, 6.07) is 3.55. The third-order valence-electron chi connectivity index (χ3n) is 12.1. The molecule has 3 saturated heterocycles. The number of epoxide rings is 1. The van der Waals surface area contributed by atoms with Crippen LogP contribution in [0.2, 0.25) is 0 Å². The largest absolute Gasteiger partial charge is 0.507 e. The second-order valence-electron chi connectivity index (χ2n) is 15.8. The minimum atomic E-state index is -1.03. The van der Waals surface area contributed by atoms with Crippen molar-refractivity contribution in [3.8, 4) is 11.5 Å². The first kappa shape index (κ1) is 37.4. The van der Waals surface area contributed by atoms with Crippen LogP contribution in [-0.4, -0.2) is 112 Å². The molecule has 4 aliphatic rings. The number of nitrogens with zero attached hydrogens (tertiary/aromatic N) is 2. The van der Waals surface area contributed by atoms with Gasteiger partial charge in [0.1, 0.15) is 28.7 Å². The molecule has 0 spiro atoms. The predicted molar refractivity (Wildman–Crippen MR) is 194 cm³/mol. The quantitative estimate of drug-likeness (QED) is 0.166. The summed E-state index contributed by atoms with van der Waals surface area (Å²) in [7, 11) is 7.35. The highest BCUT2D eigenvalue weighted by atomic mass is 16.6. The fraction of sp³-hybridized carbons (Fsp3) is 0.525. The van der Waals surface area contributed by atoms with Crippen molar-refractivity contribution in [2.75, 3.05) is 28.2 Å². The molecular formula is C40H48N2O11. The van der Waals surface area contributed by atoms with E-state index < -0.39 is 82.4 Å². The molecule has 284 valence electrons. The second-order valence-corrected chi connectivity index (χ2v) is 15.8. The maximum Gasteiger partial charge on any atom is 0.202 e. The lowest BCUT2D eigenvalue weighted by atomic mass is 9.75. The Bertz CT molecular complexity index is 2120. The van der Waals surface area contributed by atoms with Crippen LogP contribution in [0.25, 0.3) is 11.0 Å². The van der Waals surface area contributed by atoms with Crippen LogP contribution < -0.4 is 5.43 Å². The van der Waals surface area contributed by atoms with Gasteiger partial charge in [-0.15, -0.1) is 0 Å². The van der Waals surface area contributed by atoms with Crippen molar-refractivity contribution in [2.45, 2.75) is 107 Å². The first-order chi connectivity index (χ1) is 24.8. The van der Waals surface area contributed by atoms with Gasteiger partial charge in [-0.05, 0) is 93.3 Å². The molecule has 0 bridgehead atoms. The molecule has 3 aromatic rings. The van der Waals surface area contributed by atoms with E-state index in [0.717, 1.165) is 6.07 Å². The van der Waals surface area contributed by atoms with E-state index in [0.29, 0.717) is 5.56 Å². The van der Waals surface area contributed by atoms with Gasteiger partial charge in [0.05, 0.1) is 47.8 Å². The number of phenols is 2. The molecule has 2 unspecified atom stereocenters. The van der Waals surface area contributed by atoms with Crippen molar-refractivity contribution in [2.24, 2.45) is 0 Å². The van der Waals surface area contributed by atoms with Gasteiger partial charge in [-0.2, -0.15) is 0 Å². The van der Waals surface area contributed by atoms with Crippen molar-refractivity contribution in [3.63, 3.8) is 0 Å². The Morgan fingerprint density at radius 3 is 2.19 bits per heavy atom. The van der Waals surface area contributed by atoms with Gasteiger partial charge in [0.15, 0.2) is 22.4 Å². The number of fused-ring (bicyclic) bond motifs is 4. The minimum absolute atomic E-state index is 0.111. The fourth-order valence-corrected chi connectivity index (χ4v) is 8.53. The van der Waals surface area contributed by atoms with Crippen LogP contribution in [0.15, 0.2) is 39.6 Å². The maximum atomic E-state index is 15.0. The van der Waals surface area contributed by atoms with E-state index in [9.17, 15) is 34.8 Å². The molecule has 0 amide bonds. The van der Waals surface area contributed by atoms with Crippen molar-refractivity contribution >= 4 is 22.5 Å². The fourth-order valence-electron chi connectivity index (χ4n) is 8.53. The molecule has 13 nitrogen and oxygen atoms in total. The molecule has 2 aromatic carbocycles. The molecule has 4 N–H and O–H groups in total. The summed E-state index contributed by atoms with van der Waals surface area (Å²) in [5.74, 6) is -2.39. The van der Waals surface area contributed by atoms with Crippen LogP contribution in [0.3, 0.4) is 0 Å². The number of hydrogen-bond donors (Lipinski definition) is 4. The number of carbonyl (C=O) groups is 2. The van der Waals surface area contributed by atoms with Gasteiger partial charge in [-0.3, -0.25) is 14.4 Å². The number of carbonyl (C=O) groups excluding carboxylic acids is 2. The van der Waals surface area contributed by atoms with E-state index in [2.05, 4.69) is 0 Å². The molecular weight excluding hydrogens is 684 g/mol. The van der Waals surface area contributed by atoms with Gasteiger partial charge < -0.3 is 48.9 Å². The number of phenolic OH excluding ortho intramolecular Hbond substituents is 2. The van der Waals surface area contributed by atoms with E-state index >= 15 is 0 Å². The summed E-state index contributed by atoms with van der Waals surface area (Å²) in [5.41, 5.74) is -3.13. The predicted octanol–water partition coefficient (Wildman–Crippen LogP) is 3.84. The molecule has 1 aromatic heterocycles. The lowest BCUT2D eigenvalue weighted by Gasteiger charge is -2.49. The SMILES string of the molecule is C/C=C\C1OC1(C)c1cc(=O)c2c(O)cc3c(c2o1)C(=O)c1c(O)c([C@H]2C[C@](C)(N(C)C)[C@H](O)[C@H](C)O2)cc([C@H]2C[C@@H](N(C)C)[C@H](O)[C@@H](C)O2)c1C3=O. The number of aliphatic hydroxyl groups excluding tert-OH is 2. The highest BCUT2D eigenvalue weighted by Gasteiger charge is 2.55. The molecule has 10 atom stereocenters. The lowest BCUT2D eigenvalue weighted by molar-refractivity contribution is -0.176. The summed E-state index contributed by atoms with van der Waals surface area (Å²) in [4.78, 5) is 47.1. The number of rotatable bonds is 6. The molecule has 1 aliphatic carbocycles. The number of likely N-dealkylation sites (N-methyl/N-ethyl adjacent to an activating group) is 2. The van der Waals surface area contributed by atoms with Gasteiger partial charge in [0.2, 0.25) is 5.78 Å². The number of aliphatic hydroxyl groups is 2. The third-order valence-corrected chi connectivity index (χ3v) is 12.1. The number of hydrogen-bond acceptors (Lipinski definition) is 13. The summed E-state index contributed by atoms with van der Waals surface area (Å²) >= 11 is 0. The topological polar surface area (TPSA) is 183 Å². The Balaban J connectivity index is 1.48. The summed E-state index contributed by atoms with van der Waals surface area (Å²) in [5, 5.41) is 45.3. The molecule has 13 heteroatoms. The highest BCUT2D eigenvalue weighted by Crippen LogP contribution is 2.51. The average Bonchev–Trinajstić information content (AvgIpc) is 3.76. The van der Waals surface area contributed by atoms with E-state index in [1.54, 1.807) is 39.0 Å². The van der Waals surface area contributed by atoms with Crippen LogP contribution in [0.4, 0.5) is 0 Å². The molecule has 7 rings (SSSR count). The smallest absolute Gasteiger partial charge is 0.202 e. The first-order valence-electron chi connectivity index (χ1n) is 18.0. The van der Waals surface area contributed by atoms with Gasteiger partial charge in [-0.25, -0.2) is 0 Å². The molecule has 4 heterocycles. The normalized spacial score (nSPS) is 34.3. The molecule has 0 saturated carbocycles. The third kappa shape index (κ3) is 5.59. The van der Waals surface area contributed by atoms with Crippen LogP contribution in [0.5, 0.6) is 11.5 Å². The van der Waals surface area contributed by atoms with Crippen LogP contribution in [-0.2, 0) is 19.8 Å². The molecule has 3 aliphatic heterocycles. The van der Waals surface area contributed by atoms with Gasteiger partial charge >= 0.3 is 0 Å². The van der Waals surface area contributed by atoms with Gasteiger partial charge in [0.25, 0.3) is 0 Å². The Kier molecular flexibility index (Phi) is 9.05. The number of ether oxygens (including phenoxy) is 3. The number of ketones is 2. The Hall–Kier alpha value is -3.95. The lowest BCUT2D eigenvalue weighted by Crippen LogP contribution is -2.59. The number of benzene rings is 2. The standard InChI is InChI=1S/C40H48N2O11/c1-10-11-27-40(5,53-27)28-15-24(44)31-23(43)13-21-30(37(31)52-28)36(48)32-29(35(21)47)19(25-14-22(41(6)7)33(45)17(2)50-25)12-20(34(32)46)26-16-39(4,42(8)9)38(49)18(3)51-26/h10-13,15,17-18,22,25-27,33,38,43,45-46,49H,14,16H2,1-9H3/b11-10-/t17-,18+,22-,25-,26-,27?,33-,38-,39+,40?/m1/s1. The van der Waals surface area contributed by atoms with Crippen LogP contribution in [0.1, 0.15) is 108 Å². The first-order valence-corrected chi connectivity index (χ1v) is 18.0. The van der Waals surface area contributed by atoms with E-state index in [1.165, 1.54) is 6.07 Å². The summed E-state index contributed by atoms with van der Waals surface area (Å²) < 4.78 is 24.8. The van der Waals surface area contributed by atoms with Gasteiger partial charge in [-0.1, -0.05) is 12.2 Å². The molecule has 3 fully saturated rings. The van der Waals surface area contributed by atoms with E-state index in [1.807, 2.05) is 51.8 Å². The molecule has 0 radical (unpaired) electrons. The van der Waals surface area contributed by atoms with Crippen LogP contribution in [0, 0.1) is 0 Å². The zero-order valence-electron chi connectivity index (χ0n) is 31.5. The van der Waals surface area contributed by atoms with Crippen molar-refractivity contribution in [1.82, 2.24) is 9.80 Å². The van der Waals surface area contributed by atoms with E-state index in [4.69, 9.17) is 18.6 Å². The summed E-state index contributed by atoms with van der Waals surface area (Å²) in [6.07, 6.45) is -1.04. The zero-order chi connectivity index (χ0) is 38.6. The molecule has 53 heavy (non-hydrogen) atoms. The maximum absolute atomic E-state index is 15.0. The Labute approximate surface area is 307 Å². The Morgan fingerprint density at radius 1 is 0.868 bits per heavy atom. The monoisotopic (exact) mass is 732 g/mol. The van der Waals surface area contributed by atoms with Crippen LogP contribution >= 0.6 is 0 Å². The van der Waals surface area contributed by atoms with Crippen molar-refractivity contribution < 1.29 is 48.6 Å². The summed E-state index contributed by atoms with van der Waals surface area (Å²) in [6.45, 7) is 8.92. The average molecular weight is 733 g/mol. The van der Waals surface area contributed by atoms with Gasteiger partial charge in [0, 0.05) is 34.3 Å². The van der Waals surface area contributed by atoms with Crippen molar-refractivity contribution in [1.29, 1.82) is 0 Å². The zero-order valence-corrected chi connectivity index (χ0v) is 31.5. The Morgan fingerprint density at radius 2 is 1.55 bits per heavy atom. The van der Waals surface area contributed by atoms with E-state index in [-0.39, 0.29) is 63.4 Å². The minimum Gasteiger partial charge on any atom is -0.507 e. The highest BCUT2D eigenvalue weighted by molar-refractivity contribution is 6.33. The van der Waals surface area contributed by atoms with Crippen molar-refractivity contribution in [3.05, 3.63) is 79.7 Å². The number of aromatic hydroxyl groups is 2. The second kappa shape index (κ2) is 12.8.